The molecule has 0 radical (unpaired) electrons. The summed E-state index contributed by atoms with van der Waals surface area (Å²) in [6.45, 7) is 7.26. The first-order chi connectivity index (χ1) is 8.57. The summed E-state index contributed by atoms with van der Waals surface area (Å²) in [5.74, 6) is 0. The first kappa shape index (κ1) is 16.0. The fraction of sp³-hybridized carbons (Fsp3) is 0.500. The monoisotopic (exact) mass is 308 g/mol. The van der Waals surface area contributed by atoms with Crippen LogP contribution < -0.4 is 5.19 Å². The van der Waals surface area contributed by atoms with Crippen LogP contribution in [0.2, 0.25) is 10.0 Å². The van der Waals surface area contributed by atoms with E-state index in [9.17, 15) is 0 Å². The molecule has 0 bridgehead atoms. The lowest BCUT2D eigenvalue weighted by Crippen LogP contribution is -2.56. The first-order valence-electron chi connectivity index (χ1n) is 5.96. The van der Waals surface area contributed by atoms with E-state index in [0.717, 1.165) is 5.19 Å². The highest BCUT2D eigenvalue weighted by atomic mass is 35.5. The zero-order valence-corrected chi connectivity index (χ0v) is 13.3. The lowest BCUT2D eigenvalue weighted by molar-refractivity contribution is 0.0859. The summed E-state index contributed by atoms with van der Waals surface area (Å²) < 4.78 is 17.4. The summed E-state index contributed by atoms with van der Waals surface area (Å²) in [6.07, 6.45) is 0. The summed E-state index contributed by atoms with van der Waals surface area (Å²) in [4.78, 5) is 0. The highest BCUT2D eigenvalue weighted by Gasteiger charge is 2.43. The smallest absolute Gasteiger partial charge is 0.370 e. The maximum Gasteiger partial charge on any atom is 0.537 e. The summed E-state index contributed by atoms with van der Waals surface area (Å²) in [6, 6.07) is 5.26. The Morgan fingerprint density at radius 3 is 1.56 bits per heavy atom. The second kappa shape index (κ2) is 7.48. The van der Waals surface area contributed by atoms with Crippen LogP contribution in [0.15, 0.2) is 18.2 Å². The molecule has 0 aromatic heterocycles. The van der Waals surface area contributed by atoms with E-state index in [1.54, 1.807) is 18.2 Å². The summed E-state index contributed by atoms with van der Waals surface area (Å²) in [5.41, 5.74) is 0. The molecule has 0 heterocycles. The van der Waals surface area contributed by atoms with Crippen molar-refractivity contribution in [3.05, 3.63) is 28.2 Å². The van der Waals surface area contributed by atoms with Gasteiger partial charge in [0.2, 0.25) is 0 Å². The fourth-order valence-electron chi connectivity index (χ4n) is 1.68. The van der Waals surface area contributed by atoms with Crippen LogP contribution in [0.1, 0.15) is 20.8 Å². The van der Waals surface area contributed by atoms with Crippen LogP contribution in [0, 0.1) is 0 Å². The molecule has 18 heavy (non-hydrogen) atoms. The molecule has 1 rings (SSSR count). The van der Waals surface area contributed by atoms with E-state index in [1.807, 2.05) is 20.8 Å². The number of halogens is 2. The second-order valence-electron chi connectivity index (χ2n) is 3.51. The predicted molar refractivity (Wildman–Crippen MR) is 76.7 cm³/mol. The molecule has 0 amide bonds. The number of rotatable bonds is 7. The molecule has 0 fully saturated rings. The predicted octanol–water partition coefficient (Wildman–Crippen LogP) is 3.25. The van der Waals surface area contributed by atoms with Crippen molar-refractivity contribution in [3.63, 3.8) is 0 Å². The van der Waals surface area contributed by atoms with Gasteiger partial charge < -0.3 is 13.3 Å². The van der Waals surface area contributed by atoms with Gasteiger partial charge in [0.15, 0.2) is 0 Å². The lowest BCUT2D eigenvalue weighted by atomic mass is 10.4. The van der Waals surface area contributed by atoms with Gasteiger partial charge in [-0.15, -0.1) is 0 Å². The van der Waals surface area contributed by atoms with Crippen molar-refractivity contribution in [2.24, 2.45) is 0 Å². The van der Waals surface area contributed by atoms with E-state index in [0.29, 0.717) is 29.9 Å². The molecule has 0 aliphatic heterocycles. The minimum atomic E-state index is -2.90. The van der Waals surface area contributed by atoms with E-state index in [2.05, 4.69) is 0 Å². The Kier molecular flexibility index (Phi) is 6.63. The van der Waals surface area contributed by atoms with Crippen molar-refractivity contribution in [1.82, 2.24) is 0 Å². The van der Waals surface area contributed by atoms with Gasteiger partial charge in [0, 0.05) is 35.1 Å². The van der Waals surface area contributed by atoms with Gasteiger partial charge in [0.25, 0.3) is 0 Å². The third-order valence-electron chi connectivity index (χ3n) is 2.22. The zero-order chi connectivity index (χ0) is 13.6. The van der Waals surface area contributed by atoms with Crippen LogP contribution >= 0.6 is 23.2 Å². The van der Waals surface area contributed by atoms with Crippen LogP contribution in [0.3, 0.4) is 0 Å². The van der Waals surface area contributed by atoms with E-state index >= 15 is 0 Å². The molecule has 0 saturated heterocycles. The van der Waals surface area contributed by atoms with Gasteiger partial charge in [-0.3, -0.25) is 0 Å². The Bertz CT molecular complexity index is 350. The normalized spacial score (nSPS) is 11.8. The minimum Gasteiger partial charge on any atom is -0.370 e. The maximum absolute atomic E-state index is 6.03. The summed E-state index contributed by atoms with van der Waals surface area (Å²) in [7, 11) is -2.90. The molecule has 6 heteroatoms. The fourth-order valence-corrected chi connectivity index (χ4v) is 4.94. The quantitative estimate of drug-likeness (QED) is 0.724. The third-order valence-corrected chi connectivity index (χ3v) is 5.66. The van der Waals surface area contributed by atoms with E-state index < -0.39 is 8.80 Å². The molecule has 102 valence electrons. The molecule has 0 aliphatic rings. The van der Waals surface area contributed by atoms with Gasteiger partial charge >= 0.3 is 8.80 Å². The highest BCUT2D eigenvalue weighted by molar-refractivity contribution is 6.75. The van der Waals surface area contributed by atoms with E-state index in [1.165, 1.54) is 0 Å². The SMILES string of the molecule is CCO[Si](OCC)(OCC)c1cc(Cl)cc(Cl)c1. The van der Waals surface area contributed by atoms with E-state index in [4.69, 9.17) is 36.5 Å². The van der Waals surface area contributed by atoms with Crippen LogP contribution in [0.4, 0.5) is 0 Å². The Morgan fingerprint density at radius 1 is 0.833 bits per heavy atom. The molecule has 1 aromatic carbocycles. The Hall–Kier alpha value is -0.103. The second-order valence-corrected chi connectivity index (χ2v) is 6.94. The van der Waals surface area contributed by atoms with E-state index in [-0.39, 0.29) is 0 Å². The largest absolute Gasteiger partial charge is 0.537 e. The van der Waals surface area contributed by atoms with Gasteiger partial charge in [0.1, 0.15) is 0 Å². The standard InChI is InChI=1S/C12H18Cl2O3Si/c1-4-15-18(16-5-2,17-6-3)12-8-10(13)7-11(14)9-12/h7-9H,4-6H2,1-3H3. The molecule has 1 aromatic rings. The maximum atomic E-state index is 6.03. The molecule has 0 aliphatic carbocycles. The molecule has 3 nitrogen and oxygen atoms in total. The molecule has 0 saturated carbocycles. The topological polar surface area (TPSA) is 27.7 Å². The molecular weight excluding hydrogens is 291 g/mol. The summed E-state index contributed by atoms with van der Waals surface area (Å²) >= 11 is 12.1. The van der Waals surface area contributed by atoms with Crippen LogP contribution in [0.25, 0.3) is 0 Å². The van der Waals surface area contributed by atoms with Gasteiger partial charge in [-0.25, -0.2) is 0 Å². The molecule has 0 unspecified atom stereocenters. The van der Waals surface area contributed by atoms with Gasteiger partial charge in [-0.1, -0.05) is 23.2 Å². The highest BCUT2D eigenvalue weighted by Crippen LogP contribution is 2.19. The van der Waals surface area contributed by atoms with Crippen LogP contribution in [-0.2, 0) is 13.3 Å². The average molecular weight is 309 g/mol. The van der Waals surface area contributed by atoms with Gasteiger partial charge in [-0.05, 0) is 39.0 Å². The molecular formula is C12H18Cl2O3Si. The number of benzene rings is 1. The number of hydrogen-bond donors (Lipinski definition) is 0. The summed E-state index contributed by atoms with van der Waals surface area (Å²) in [5, 5.41) is 1.90. The molecule has 0 atom stereocenters. The van der Waals surface area contributed by atoms with Crippen molar-refractivity contribution in [2.75, 3.05) is 19.8 Å². The lowest BCUT2D eigenvalue weighted by Gasteiger charge is -2.28. The number of hydrogen-bond acceptors (Lipinski definition) is 3. The Balaban J connectivity index is 3.20. The van der Waals surface area contributed by atoms with Crippen LogP contribution in [0.5, 0.6) is 0 Å². The van der Waals surface area contributed by atoms with Crippen molar-refractivity contribution < 1.29 is 13.3 Å². The van der Waals surface area contributed by atoms with Crippen molar-refractivity contribution in [2.45, 2.75) is 20.8 Å². The average Bonchev–Trinajstić information content (AvgIpc) is 2.28. The Labute approximate surface area is 119 Å². The van der Waals surface area contributed by atoms with Crippen molar-refractivity contribution >= 4 is 37.2 Å². The van der Waals surface area contributed by atoms with Crippen LogP contribution in [-0.4, -0.2) is 28.6 Å². The van der Waals surface area contributed by atoms with Gasteiger partial charge in [0.05, 0.1) is 0 Å². The molecule has 0 spiro atoms. The zero-order valence-electron chi connectivity index (χ0n) is 10.8. The first-order valence-corrected chi connectivity index (χ1v) is 8.44. The minimum absolute atomic E-state index is 0.510. The van der Waals surface area contributed by atoms with Crippen molar-refractivity contribution in [3.8, 4) is 0 Å². The van der Waals surface area contributed by atoms with Gasteiger partial charge in [-0.2, -0.15) is 0 Å². The molecule has 0 N–H and O–H groups in total. The van der Waals surface area contributed by atoms with Crippen molar-refractivity contribution in [1.29, 1.82) is 0 Å². The third kappa shape index (κ3) is 3.95. The Morgan fingerprint density at radius 2 is 1.22 bits per heavy atom.